The van der Waals surface area contributed by atoms with E-state index in [2.05, 4.69) is 10.3 Å². The van der Waals surface area contributed by atoms with Gasteiger partial charge in [0, 0.05) is 16.8 Å². The molecule has 1 atom stereocenters. The van der Waals surface area contributed by atoms with Crippen LogP contribution in [0, 0.1) is 13.8 Å². The zero-order valence-electron chi connectivity index (χ0n) is 11.2. The Morgan fingerprint density at radius 2 is 2.16 bits per heavy atom. The number of nitrogens with one attached hydrogen (secondary N) is 1. The van der Waals surface area contributed by atoms with E-state index in [1.54, 1.807) is 17.4 Å². The lowest BCUT2D eigenvalue weighted by atomic mass is 10.1. The highest BCUT2D eigenvalue weighted by molar-refractivity contribution is 7.09. The van der Waals surface area contributed by atoms with Crippen molar-refractivity contribution in [1.82, 2.24) is 10.3 Å². The minimum atomic E-state index is -0.157. The molecule has 19 heavy (non-hydrogen) atoms. The van der Waals surface area contributed by atoms with Gasteiger partial charge < -0.3 is 11.1 Å². The van der Waals surface area contributed by atoms with E-state index in [-0.39, 0.29) is 11.9 Å². The molecule has 0 aliphatic carbocycles. The van der Waals surface area contributed by atoms with E-state index >= 15 is 0 Å². The molecular formula is C14H17N3OS. The second kappa shape index (κ2) is 5.40. The Morgan fingerprint density at radius 3 is 2.74 bits per heavy atom. The molecule has 5 heteroatoms. The smallest absolute Gasteiger partial charge is 0.254 e. The Kier molecular flexibility index (Phi) is 3.85. The van der Waals surface area contributed by atoms with Gasteiger partial charge in [0.1, 0.15) is 5.01 Å². The van der Waals surface area contributed by atoms with E-state index in [0.29, 0.717) is 11.3 Å². The average molecular weight is 275 g/mol. The SMILES string of the molecule is Cc1csc(C(C)NC(=O)c2c(C)cccc2N)n1. The topological polar surface area (TPSA) is 68.0 Å². The third-order valence-electron chi connectivity index (χ3n) is 2.89. The van der Waals surface area contributed by atoms with Crippen molar-refractivity contribution in [2.24, 2.45) is 0 Å². The molecule has 0 bridgehead atoms. The van der Waals surface area contributed by atoms with Crippen molar-refractivity contribution in [2.45, 2.75) is 26.8 Å². The normalized spacial score (nSPS) is 12.2. The van der Waals surface area contributed by atoms with Crippen LogP contribution in [0.3, 0.4) is 0 Å². The lowest BCUT2D eigenvalue weighted by Gasteiger charge is -2.14. The first kappa shape index (κ1) is 13.5. The number of carbonyl (C=O) groups is 1. The fourth-order valence-corrected chi connectivity index (χ4v) is 2.71. The number of hydrogen-bond donors (Lipinski definition) is 2. The molecule has 1 unspecified atom stereocenters. The fraction of sp³-hybridized carbons (Fsp3) is 0.286. The van der Waals surface area contributed by atoms with Crippen molar-refractivity contribution >= 4 is 22.9 Å². The summed E-state index contributed by atoms with van der Waals surface area (Å²) in [6, 6.07) is 5.34. The van der Waals surface area contributed by atoms with Gasteiger partial charge in [0.25, 0.3) is 5.91 Å². The summed E-state index contributed by atoms with van der Waals surface area (Å²) in [4.78, 5) is 16.6. The molecule has 2 rings (SSSR count). The summed E-state index contributed by atoms with van der Waals surface area (Å²) in [6.45, 7) is 5.74. The predicted octanol–water partition coefficient (Wildman–Crippen LogP) is 2.83. The molecule has 0 spiro atoms. The molecule has 100 valence electrons. The molecule has 0 saturated carbocycles. The summed E-state index contributed by atoms with van der Waals surface area (Å²) < 4.78 is 0. The van der Waals surface area contributed by atoms with Crippen molar-refractivity contribution in [2.75, 3.05) is 5.73 Å². The Labute approximate surface area is 116 Å². The van der Waals surface area contributed by atoms with Gasteiger partial charge >= 0.3 is 0 Å². The summed E-state index contributed by atoms with van der Waals surface area (Å²) in [7, 11) is 0. The molecule has 1 amide bonds. The molecule has 3 N–H and O–H groups in total. The monoisotopic (exact) mass is 275 g/mol. The quantitative estimate of drug-likeness (QED) is 0.846. The van der Waals surface area contributed by atoms with E-state index in [9.17, 15) is 4.79 Å². The maximum absolute atomic E-state index is 12.3. The number of benzene rings is 1. The number of rotatable bonds is 3. The Bertz CT molecular complexity index is 586. The van der Waals surface area contributed by atoms with E-state index in [4.69, 9.17) is 5.73 Å². The number of nitrogens with two attached hydrogens (primary N) is 1. The van der Waals surface area contributed by atoms with Gasteiger partial charge in [0.2, 0.25) is 0 Å². The lowest BCUT2D eigenvalue weighted by molar-refractivity contribution is 0.0940. The maximum Gasteiger partial charge on any atom is 0.254 e. The zero-order chi connectivity index (χ0) is 14.0. The minimum Gasteiger partial charge on any atom is -0.398 e. The highest BCUT2D eigenvalue weighted by Crippen LogP contribution is 2.20. The molecule has 4 nitrogen and oxygen atoms in total. The predicted molar refractivity (Wildman–Crippen MR) is 78.3 cm³/mol. The van der Waals surface area contributed by atoms with E-state index < -0.39 is 0 Å². The first-order valence-electron chi connectivity index (χ1n) is 6.07. The summed E-state index contributed by atoms with van der Waals surface area (Å²) in [6.07, 6.45) is 0. The number of amides is 1. The number of anilines is 1. The highest BCUT2D eigenvalue weighted by Gasteiger charge is 2.17. The molecule has 1 aromatic heterocycles. The Balaban J connectivity index is 2.17. The largest absolute Gasteiger partial charge is 0.398 e. The first-order chi connectivity index (χ1) is 8.99. The molecular weight excluding hydrogens is 258 g/mol. The molecule has 0 radical (unpaired) electrons. The van der Waals surface area contributed by atoms with Crippen molar-refractivity contribution < 1.29 is 4.79 Å². The number of aromatic nitrogens is 1. The number of carbonyl (C=O) groups excluding carboxylic acids is 1. The first-order valence-corrected chi connectivity index (χ1v) is 6.95. The van der Waals surface area contributed by atoms with Crippen molar-refractivity contribution in [1.29, 1.82) is 0 Å². The Hall–Kier alpha value is -1.88. The summed E-state index contributed by atoms with van der Waals surface area (Å²) in [5.74, 6) is -0.157. The van der Waals surface area contributed by atoms with Gasteiger partial charge in [-0.3, -0.25) is 4.79 Å². The number of nitrogens with zero attached hydrogens (tertiary/aromatic N) is 1. The van der Waals surface area contributed by atoms with E-state index in [0.717, 1.165) is 16.3 Å². The third kappa shape index (κ3) is 2.93. The molecule has 0 saturated heterocycles. The average Bonchev–Trinajstić information content (AvgIpc) is 2.75. The summed E-state index contributed by atoms with van der Waals surface area (Å²) >= 11 is 1.55. The second-order valence-electron chi connectivity index (χ2n) is 4.56. The van der Waals surface area contributed by atoms with Crippen LogP contribution in [0.1, 0.15) is 39.6 Å². The standard InChI is InChI=1S/C14H17N3OS/c1-8-5-4-6-11(15)12(8)13(18)17-10(3)14-16-9(2)7-19-14/h4-7,10H,15H2,1-3H3,(H,17,18). The Morgan fingerprint density at radius 1 is 1.42 bits per heavy atom. The van der Waals surface area contributed by atoms with Crippen LogP contribution in [-0.2, 0) is 0 Å². The summed E-state index contributed by atoms with van der Waals surface area (Å²) in [5, 5.41) is 5.81. The van der Waals surface area contributed by atoms with Gasteiger partial charge in [-0.2, -0.15) is 0 Å². The molecule has 0 aliphatic rings. The van der Waals surface area contributed by atoms with Crippen LogP contribution in [0.25, 0.3) is 0 Å². The van der Waals surface area contributed by atoms with Crippen LogP contribution in [-0.4, -0.2) is 10.9 Å². The maximum atomic E-state index is 12.3. The fourth-order valence-electron chi connectivity index (χ4n) is 1.90. The van der Waals surface area contributed by atoms with Crippen molar-refractivity contribution in [3.8, 4) is 0 Å². The molecule has 2 aromatic rings. The van der Waals surface area contributed by atoms with E-state index in [1.165, 1.54) is 0 Å². The van der Waals surface area contributed by atoms with Gasteiger partial charge in [-0.15, -0.1) is 11.3 Å². The van der Waals surface area contributed by atoms with E-state index in [1.807, 2.05) is 38.3 Å². The van der Waals surface area contributed by atoms with Gasteiger partial charge in [-0.1, -0.05) is 12.1 Å². The van der Waals surface area contributed by atoms with Crippen LogP contribution in [0.4, 0.5) is 5.69 Å². The molecule has 0 fully saturated rings. The third-order valence-corrected chi connectivity index (χ3v) is 4.03. The minimum absolute atomic E-state index is 0.120. The number of nitrogen functional groups attached to an aromatic ring is 1. The molecule has 1 heterocycles. The number of hydrogen-bond acceptors (Lipinski definition) is 4. The number of thiazole rings is 1. The molecule has 1 aromatic carbocycles. The summed E-state index contributed by atoms with van der Waals surface area (Å²) in [5.41, 5.74) is 8.76. The van der Waals surface area contributed by atoms with Gasteiger partial charge in [-0.05, 0) is 32.4 Å². The van der Waals surface area contributed by atoms with Crippen molar-refractivity contribution in [3.05, 3.63) is 45.4 Å². The van der Waals surface area contributed by atoms with Crippen LogP contribution in [0.5, 0.6) is 0 Å². The van der Waals surface area contributed by atoms with Crippen LogP contribution >= 0.6 is 11.3 Å². The van der Waals surface area contributed by atoms with Crippen LogP contribution < -0.4 is 11.1 Å². The van der Waals surface area contributed by atoms with Gasteiger partial charge in [0.15, 0.2) is 0 Å². The highest BCUT2D eigenvalue weighted by atomic mass is 32.1. The van der Waals surface area contributed by atoms with Gasteiger partial charge in [0.05, 0.1) is 11.6 Å². The van der Waals surface area contributed by atoms with Crippen molar-refractivity contribution in [3.63, 3.8) is 0 Å². The van der Waals surface area contributed by atoms with Crippen LogP contribution in [0.15, 0.2) is 23.6 Å². The zero-order valence-corrected chi connectivity index (χ0v) is 12.0. The van der Waals surface area contributed by atoms with Gasteiger partial charge in [-0.25, -0.2) is 4.98 Å². The molecule has 0 aliphatic heterocycles. The van der Waals surface area contributed by atoms with Crippen LogP contribution in [0.2, 0.25) is 0 Å². The lowest BCUT2D eigenvalue weighted by Crippen LogP contribution is -2.28. The number of aryl methyl sites for hydroxylation is 2. The second-order valence-corrected chi connectivity index (χ2v) is 5.45.